The van der Waals surface area contributed by atoms with Gasteiger partial charge in [0.15, 0.2) is 5.16 Å². The molecule has 0 spiro atoms. The summed E-state index contributed by atoms with van der Waals surface area (Å²) in [7, 11) is 1.31. The smallest absolute Gasteiger partial charge is 0.337 e. The number of hydrogen-bond acceptors (Lipinski definition) is 6. The van der Waals surface area contributed by atoms with E-state index in [9.17, 15) is 14.4 Å². The number of nitrogens with zero attached hydrogens (tertiary/aromatic N) is 3. The van der Waals surface area contributed by atoms with Gasteiger partial charge >= 0.3 is 5.97 Å². The Morgan fingerprint density at radius 2 is 1.81 bits per heavy atom. The molecule has 3 rings (SSSR count). The SMILES string of the molecule is CCN(CC)C(=O)CSc1nc2cc(C(=O)OC)ccc2c(=O)n1CCc1ccccc1. The van der Waals surface area contributed by atoms with Gasteiger partial charge in [-0.3, -0.25) is 14.2 Å². The Kier molecular flexibility index (Phi) is 8.05. The quantitative estimate of drug-likeness (QED) is 0.281. The molecule has 0 saturated heterocycles. The van der Waals surface area contributed by atoms with Crippen molar-refractivity contribution in [3.05, 3.63) is 70.0 Å². The maximum absolute atomic E-state index is 13.3. The number of rotatable bonds is 9. The van der Waals surface area contributed by atoms with E-state index in [2.05, 4.69) is 4.98 Å². The van der Waals surface area contributed by atoms with E-state index >= 15 is 0 Å². The van der Waals surface area contributed by atoms with Crippen LogP contribution in [0.1, 0.15) is 29.8 Å². The molecule has 0 unspecified atom stereocenters. The van der Waals surface area contributed by atoms with Crippen LogP contribution in [0, 0.1) is 0 Å². The number of amides is 1. The number of esters is 1. The van der Waals surface area contributed by atoms with Gasteiger partial charge in [-0.2, -0.15) is 0 Å². The van der Waals surface area contributed by atoms with Gasteiger partial charge in [0.2, 0.25) is 5.91 Å². The van der Waals surface area contributed by atoms with Crippen molar-refractivity contribution in [3.8, 4) is 0 Å². The number of thioether (sulfide) groups is 1. The first-order valence-electron chi connectivity index (χ1n) is 10.6. The van der Waals surface area contributed by atoms with Crippen LogP contribution in [0.2, 0.25) is 0 Å². The van der Waals surface area contributed by atoms with Gasteiger partial charge in [-0.1, -0.05) is 42.1 Å². The van der Waals surface area contributed by atoms with Crippen LogP contribution in [0.15, 0.2) is 58.5 Å². The molecular weight excluding hydrogens is 426 g/mol. The van der Waals surface area contributed by atoms with Gasteiger partial charge in [0.25, 0.3) is 5.56 Å². The molecule has 0 radical (unpaired) electrons. The first kappa shape index (κ1) is 23.5. The molecule has 168 valence electrons. The highest BCUT2D eigenvalue weighted by atomic mass is 32.2. The fourth-order valence-electron chi connectivity index (χ4n) is 3.43. The second-order valence-corrected chi connectivity index (χ2v) is 8.11. The van der Waals surface area contributed by atoms with E-state index in [1.807, 2.05) is 44.2 Å². The number of ether oxygens (including phenoxy) is 1. The topological polar surface area (TPSA) is 81.5 Å². The molecule has 0 aliphatic heterocycles. The summed E-state index contributed by atoms with van der Waals surface area (Å²) in [6, 6.07) is 14.6. The molecule has 0 saturated carbocycles. The maximum Gasteiger partial charge on any atom is 0.337 e. The van der Waals surface area contributed by atoms with Crippen LogP contribution >= 0.6 is 11.8 Å². The molecule has 2 aromatic carbocycles. The van der Waals surface area contributed by atoms with Gasteiger partial charge in [0.1, 0.15) is 0 Å². The summed E-state index contributed by atoms with van der Waals surface area (Å²) < 4.78 is 6.40. The normalized spacial score (nSPS) is 10.8. The second kappa shape index (κ2) is 10.9. The molecule has 32 heavy (non-hydrogen) atoms. The minimum atomic E-state index is -0.493. The lowest BCUT2D eigenvalue weighted by molar-refractivity contribution is -0.127. The zero-order chi connectivity index (χ0) is 23.1. The van der Waals surface area contributed by atoms with Gasteiger partial charge < -0.3 is 9.64 Å². The molecule has 1 heterocycles. The van der Waals surface area contributed by atoms with Crippen LogP contribution < -0.4 is 5.56 Å². The van der Waals surface area contributed by atoms with Crippen molar-refractivity contribution in [3.63, 3.8) is 0 Å². The van der Waals surface area contributed by atoms with E-state index < -0.39 is 5.97 Å². The lowest BCUT2D eigenvalue weighted by Crippen LogP contribution is -2.32. The first-order valence-corrected chi connectivity index (χ1v) is 11.5. The van der Waals surface area contributed by atoms with Crippen molar-refractivity contribution in [1.29, 1.82) is 0 Å². The lowest BCUT2D eigenvalue weighted by Gasteiger charge is -2.19. The molecule has 1 aromatic heterocycles. The molecule has 0 atom stereocenters. The molecule has 1 amide bonds. The zero-order valence-corrected chi connectivity index (χ0v) is 19.4. The summed E-state index contributed by atoms with van der Waals surface area (Å²) >= 11 is 1.24. The van der Waals surface area contributed by atoms with Crippen molar-refractivity contribution < 1.29 is 14.3 Å². The van der Waals surface area contributed by atoms with Crippen LogP contribution in [0.5, 0.6) is 0 Å². The summed E-state index contributed by atoms with van der Waals surface area (Å²) in [6.45, 7) is 5.57. The van der Waals surface area contributed by atoms with E-state index in [1.165, 1.54) is 18.9 Å². The number of carbonyl (C=O) groups excluding carboxylic acids is 2. The number of fused-ring (bicyclic) bond motifs is 1. The van der Waals surface area contributed by atoms with Gasteiger partial charge in [-0.15, -0.1) is 0 Å². The number of aromatic nitrogens is 2. The highest BCUT2D eigenvalue weighted by molar-refractivity contribution is 7.99. The summed E-state index contributed by atoms with van der Waals surface area (Å²) in [6.07, 6.45) is 0.658. The fraction of sp³-hybridized carbons (Fsp3) is 0.333. The predicted molar refractivity (Wildman–Crippen MR) is 126 cm³/mol. The van der Waals surface area contributed by atoms with E-state index in [4.69, 9.17) is 4.74 Å². The van der Waals surface area contributed by atoms with Crippen molar-refractivity contribution in [2.45, 2.75) is 32.0 Å². The van der Waals surface area contributed by atoms with E-state index in [0.29, 0.717) is 47.7 Å². The van der Waals surface area contributed by atoms with Crippen LogP contribution in [-0.4, -0.2) is 52.3 Å². The van der Waals surface area contributed by atoms with Crippen LogP contribution in [0.25, 0.3) is 10.9 Å². The molecule has 0 N–H and O–H groups in total. The fourth-order valence-corrected chi connectivity index (χ4v) is 4.36. The first-order chi connectivity index (χ1) is 15.5. The predicted octanol–water partition coefficient (Wildman–Crippen LogP) is 3.39. The van der Waals surface area contributed by atoms with Gasteiger partial charge in [0, 0.05) is 19.6 Å². The standard InChI is InChI=1S/C24H27N3O4S/c1-4-26(5-2)21(28)16-32-24-25-20-15-18(23(30)31-3)11-12-19(20)22(29)27(24)14-13-17-9-7-6-8-10-17/h6-12,15H,4-5,13-14,16H2,1-3H3. The number of hydrogen-bond donors (Lipinski definition) is 0. The molecule has 3 aromatic rings. The molecule has 0 fully saturated rings. The maximum atomic E-state index is 13.3. The molecule has 0 aliphatic carbocycles. The Balaban J connectivity index is 1.99. The zero-order valence-electron chi connectivity index (χ0n) is 18.5. The molecule has 7 nitrogen and oxygen atoms in total. The Morgan fingerprint density at radius 3 is 2.47 bits per heavy atom. The summed E-state index contributed by atoms with van der Waals surface area (Å²) in [5.41, 5.74) is 1.64. The van der Waals surface area contributed by atoms with Crippen LogP contribution in [0.3, 0.4) is 0 Å². The van der Waals surface area contributed by atoms with E-state index in [1.54, 1.807) is 27.7 Å². The van der Waals surface area contributed by atoms with Crippen molar-refractivity contribution in [1.82, 2.24) is 14.5 Å². The molecule has 8 heteroatoms. The Bertz CT molecular complexity index is 1160. The molecular formula is C24H27N3O4S. The molecule has 0 bridgehead atoms. The number of methoxy groups -OCH3 is 1. The molecule has 0 aliphatic rings. The Hall–Kier alpha value is -3.13. The van der Waals surface area contributed by atoms with E-state index in [0.717, 1.165) is 5.56 Å². The third kappa shape index (κ3) is 5.37. The van der Waals surface area contributed by atoms with Gasteiger partial charge in [-0.25, -0.2) is 9.78 Å². The van der Waals surface area contributed by atoms with Crippen molar-refractivity contribution in [2.24, 2.45) is 0 Å². The van der Waals surface area contributed by atoms with E-state index in [-0.39, 0.29) is 17.2 Å². The average Bonchev–Trinajstić information content (AvgIpc) is 2.82. The summed E-state index contributed by atoms with van der Waals surface area (Å²) in [4.78, 5) is 44.2. The Labute approximate surface area is 191 Å². The largest absolute Gasteiger partial charge is 0.465 e. The van der Waals surface area contributed by atoms with Crippen molar-refractivity contribution >= 4 is 34.5 Å². The highest BCUT2D eigenvalue weighted by Crippen LogP contribution is 2.20. The van der Waals surface area contributed by atoms with Crippen LogP contribution in [-0.2, 0) is 22.5 Å². The van der Waals surface area contributed by atoms with Crippen molar-refractivity contribution in [2.75, 3.05) is 26.0 Å². The lowest BCUT2D eigenvalue weighted by atomic mass is 10.1. The van der Waals surface area contributed by atoms with Gasteiger partial charge in [-0.05, 0) is 44.0 Å². The highest BCUT2D eigenvalue weighted by Gasteiger charge is 2.17. The Morgan fingerprint density at radius 1 is 1.09 bits per heavy atom. The minimum absolute atomic E-state index is 0.00716. The third-order valence-corrected chi connectivity index (χ3v) is 6.21. The van der Waals surface area contributed by atoms with Crippen LogP contribution in [0.4, 0.5) is 0 Å². The summed E-state index contributed by atoms with van der Waals surface area (Å²) in [5.74, 6) is -0.318. The average molecular weight is 454 g/mol. The monoisotopic (exact) mass is 453 g/mol. The van der Waals surface area contributed by atoms with Gasteiger partial charge in [0.05, 0.1) is 29.3 Å². The minimum Gasteiger partial charge on any atom is -0.465 e. The number of aryl methyl sites for hydroxylation is 1. The number of benzene rings is 2. The number of carbonyl (C=O) groups is 2. The third-order valence-electron chi connectivity index (χ3n) is 5.25. The summed E-state index contributed by atoms with van der Waals surface area (Å²) in [5, 5.41) is 0.881. The second-order valence-electron chi connectivity index (χ2n) is 7.16.